The fraction of sp³-hybridized carbons (Fsp3) is 0.778. The zero-order valence-corrected chi connectivity index (χ0v) is 8.18. The van der Waals surface area contributed by atoms with Crippen molar-refractivity contribution in [3.8, 4) is 0 Å². The molecule has 0 radical (unpaired) electrons. The molecule has 4 unspecified atom stereocenters. The summed E-state index contributed by atoms with van der Waals surface area (Å²) in [6.07, 6.45) is -14.3. The predicted octanol–water partition coefficient (Wildman–Crippen LogP) is 1.78. The highest BCUT2D eigenvalue weighted by atomic mass is 19.4. The van der Waals surface area contributed by atoms with Gasteiger partial charge >= 0.3 is 12.4 Å². The summed E-state index contributed by atoms with van der Waals surface area (Å²) in [4.78, 5) is 0. The second-order valence-corrected chi connectivity index (χ2v) is 4.25. The normalized spacial score (nSPS) is 38.1. The molecule has 2 nitrogen and oxygen atoms in total. The largest absolute Gasteiger partial charge is 0.413 e. The van der Waals surface area contributed by atoms with Crippen LogP contribution in [0.2, 0.25) is 0 Å². The first-order valence-electron chi connectivity index (χ1n) is 4.79. The number of fused-ring (bicyclic) bond motifs is 2. The van der Waals surface area contributed by atoms with Crippen molar-refractivity contribution in [3.63, 3.8) is 0 Å². The molecule has 98 valence electrons. The highest BCUT2D eigenvalue weighted by Crippen LogP contribution is 2.57. The second-order valence-electron chi connectivity index (χ2n) is 4.25. The minimum atomic E-state index is -5.13. The van der Waals surface area contributed by atoms with Gasteiger partial charge in [-0.15, -0.1) is 0 Å². The number of hydrogen-bond acceptors (Lipinski definition) is 2. The highest BCUT2D eigenvalue weighted by Gasteiger charge is 2.63. The summed E-state index contributed by atoms with van der Waals surface area (Å²) in [5.74, 6) is -3.35. The first kappa shape index (κ1) is 12.7. The third-order valence-corrected chi connectivity index (χ3v) is 3.32. The number of aliphatic hydroxyl groups is 2. The molecule has 2 N–H and O–H groups in total. The zero-order chi connectivity index (χ0) is 13.2. The minimum Gasteiger partial charge on any atom is -0.390 e. The Kier molecular flexibility index (Phi) is 2.52. The first-order valence-corrected chi connectivity index (χ1v) is 4.79. The van der Waals surface area contributed by atoms with E-state index < -0.39 is 54.0 Å². The molecule has 0 heterocycles. The molecule has 8 heteroatoms. The van der Waals surface area contributed by atoms with Crippen molar-refractivity contribution in [1.82, 2.24) is 0 Å². The van der Waals surface area contributed by atoms with E-state index in [0.717, 1.165) is 0 Å². The third kappa shape index (κ3) is 1.74. The van der Waals surface area contributed by atoms with Crippen LogP contribution in [0.5, 0.6) is 0 Å². The van der Waals surface area contributed by atoms with Crippen LogP contribution < -0.4 is 0 Å². The summed E-state index contributed by atoms with van der Waals surface area (Å²) in [5.41, 5.74) is -3.46. The molecular weight excluding hydrogens is 254 g/mol. The Morgan fingerprint density at radius 2 is 1.06 bits per heavy atom. The molecular formula is C9H8F6O2. The van der Waals surface area contributed by atoms with E-state index in [4.69, 9.17) is 0 Å². The Bertz CT molecular complexity index is 335. The second kappa shape index (κ2) is 3.38. The average Bonchev–Trinajstić information content (AvgIpc) is 2.62. The van der Waals surface area contributed by atoms with Crippen molar-refractivity contribution in [2.75, 3.05) is 0 Å². The van der Waals surface area contributed by atoms with E-state index in [1.165, 1.54) is 0 Å². The SMILES string of the molecule is OC1C2CC(C(C(F)(F)F)=C2C(F)(F)F)C1O. The fourth-order valence-electron chi connectivity index (χ4n) is 2.73. The summed E-state index contributed by atoms with van der Waals surface area (Å²) in [7, 11) is 0. The summed E-state index contributed by atoms with van der Waals surface area (Å²) in [6.45, 7) is 0. The lowest BCUT2D eigenvalue weighted by Gasteiger charge is -2.30. The predicted molar refractivity (Wildman–Crippen MR) is 42.7 cm³/mol. The standard InChI is InChI=1S/C9H8F6O2/c10-8(11,12)4-2-1-3(7(17)6(2)16)5(4)9(13,14)15/h2-3,6-7,16-17H,1H2. The molecule has 0 aromatic rings. The van der Waals surface area contributed by atoms with Crippen LogP contribution in [0.4, 0.5) is 26.3 Å². The van der Waals surface area contributed by atoms with Crippen molar-refractivity contribution in [1.29, 1.82) is 0 Å². The summed E-state index contributed by atoms with van der Waals surface area (Å²) >= 11 is 0. The van der Waals surface area contributed by atoms with Gasteiger partial charge in [-0.3, -0.25) is 0 Å². The van der Waals surface area contributed by atoms with E-state index in [1.807, 2.05) is 0 Å². The van der Waals surface area contributed by atoms with E-state index in [-0.39, 0.29) is 0 Å². The van der Waals surface area contributed by atoms with Gasteiger partial charge in [0.1, 0.15) is 0 Å². The molecule has 4 atom stereocenters. The van der Waals surface area contributed by atoms with Crippen LogP contribution in [0.15, 0.2) is 11.1 Å². The maximum absolute atomic E-state index is 12.5. The molecule has 0 saturated heterocycles. The van der Waals surface area contributed by atoms with Gasteiger partial charge in [-0.05, 0) is 6.42 Å². The Balaban J connectivity index is 2.56. The van der Waals surface area contributed by atoms with Crippen molar-refractivity contribution >= 4 is 0 Å². The first-order chi connectivity index (χ1) is 7.55. The molecule has 2 aliphatic carbocycles. The Morgan fingerprint density at radius 3 is 1.29 bits per heavy atom. The van der Waals surface area contributed by atoms with E-state index in [1.54, 1.807) is 0 Å². The van der Waals surface area contributed by atoms with E-state index in [9.17, 15) is 36.6 Å². The van der Waals surface area contributed by atoms with Gasteiger partial charge in [0, 0.05) is 23.0 Å². The molecule has 2 rings (SSSR count). The smallest absolute Gasteiger partial charge is 0.390 e. The molecule has 0 aromatic carbocycles. The minimum absolute atomic E-state index is 0.508. The average molecular weight is 262 g/mol. The van der Waals surface area contributed by atoms with E-state index in [0.29, 0.717) is 0 Å². The quantitative estimate of drug-likeness (QED) is 0.516. The highest BCUT2D eigenvalue weighted by molar-refractivity contribution is 5.39. The number of hydrogen-bond donors (Lipinski definition) is 2. The monoisotopic (exact) mass is 262 g/mol. The van der Waals surface area contributed by atoms with Crippen molar-refractivity contribution in [2.24, 2.45) is 11.8 Å². The molecule has 1 fully saturated rings. The Labute approximate surface area is 91.5 Å². The van der Waals surface area contributed by atoms with Gasteiger partial charge in [-0.1, -0.05) is 0 Å². The van der Waals surface area contributed by atoms with Crippen LogP contribution in [0.3, 0.4) is 0 Å². The molecule has 2 bridgehead atoms. The van der Waals surface area contributed by atoms with Crippen molar-refractivity contribution in [3.05, 3.63) is 11.1 Å². The van der Waals surface area contributed by atoms with Gasteiger partial charge in [0.2, 0.25) is 0 Å². The number of aliphatic hydroxyl groups excluding tert-OH is 2. The lowest BCUT2D eigenvalue weighted by atomic mass is 9.87. The molecule has 0 aromatic heterocycles. The topological polar surface area (TPSA) is 40.5 Å². The van der Waals surface area contributed by atoms with Gasteiger partial charge < -0.3 is 10.2 Å². The van der Waals surface area contributed by atoms with Gasteiger partial charge in [0.15, 0.2) is 0 Å². The Hall–Kier alpha value is -0.760. The van der Waals surface area contributed by atoms with Crippen LogP contribution in [0.25, 0.3) is 0 Å². The number of rotatable bonds is 0. The van der Waals surface area contributed by atoms with Crippen molar-refractivity contribution in [2.45, 2.75) is 31.0 Å². The summed E-state index contributed by atoms with van der Waals surface area (Å²) in [6, 6.07) is 0. The third-order valence-electron chi connectivity index (χ3n) is 3.32. The van der Waals surface area contributed by atoms with Gasteiger partial charge in [0.25, 0.3) is 0 Å². The van der Waals surface area contributed by atoms with Crippen molar-refractivity contribution < 1.29 is 36.6 Å². The molecule has 0 amide bonds. The fourth-order valence-corrected chi connectivity index (χ4v) is 2.73. The Morgan fingerprint density at radius 1 is 0.765 bits per heavy atom. The molecule has 0 spiro atoms. The van der Waals surface area contributed by atoms with Gasteiger partial charge in [0.05, 0.1) is 12.2 Å². The van der Waals surface area contributed by atoms with E-state index >= 15 is 0 Å². The molecule has 17 heavy (non-hydrogen) atoms. The van der Waals surface area contributed by atoms with Crippen LogP contribution in [-0.2, 0) is 0 Å². The maximum atomic E-state index is 12.5. The van der Waals surface area contributed by atoms with Gasteiger partial charge in [-0.25, -0.2) is 0 Å². The molecule has 1 saturated carbocycles. The van der Waals surface area contributed by atoms with Crippen LogP contribution >= 0.6 is 0 Å². The van der Waals surface area contributed by atoms with Gasteiger partial charge in [-0.2, -0.15) is 26.3 Å². The zero-order valence-electron chi connectivity index (χ0n) is 8.18. The van der Waals surface area contributed by atoms with E-state index in [2.05, 4.69) is 0 Å². The maximum Gasteiger partial charge on any atom is 0.413 e. The summed E-state index contributed by atoms with van der Waals surface area (Å²) in [5, 5.41) is 18.5. The number of halogens is 6. The van der Waals surface area contributed by atoms with Crippen LogP contribution in [0.1, 0.15) is 6.42 Å². The van der Waals surface area contributed by atoms with Crippen LogP contribution in [0, 0.1) is 11.8 Å². The number of alkyl halides is 6. The lowest BCUT2D eigenvalue weighted by molar-refractivity contribution is -0.135. The summed E-state index contributed by atoms with van der Waals surface area (Å²) < 4.78 is 75.3. The molecule has 0 aliphatic heterocycles. The lowest BCUT2D eigenvalue weighted by Crippen LogP contribution is -2.40. The van der Waals surface area contributed by atoms with Crippen LogP contribution in [-0.4, -0.2) is 34.8 Å². The molecule has 2 aliphatic rings.